The Balaban J connectivity index is 2.08. The first kappa shape index (κ1) is 32.9. The molecule has 45 heavy (non-hydrogen) atoms. The van der Waals surface area contributed by atoms with Crippen molar-refractivity contribution in [3.8, 4) is 33.8 Å². The molecule has 17 heteroatoms. The van der Waals surface area contributed by atoms with Gasteiger partial charge in [-0.1, -0.05) is 24.3 Å². The lowest BCUT2D eigenvalue weighted by Crippen LogP contribution is -2.16. The van der Waals surface area contributed by atoms with Crippen LogP contribution in [0, 0.1) is 0 Å². The summed E-state index contributed by atoms with van der Waals surface area (Å²) in [5, 5.41) is 0. The lowest BCUT2D eigenvalue weighted by molar-refractivity contribution is -0.141. The zero-order chi connectivity index (χ0) is 33.9. The molecule has 0 aromatic heterocycles. The van der Waals surface area contributed by atoms with E-state index < -0.39 is 103 Å². The highest BCUT2D eigenvalue weighted by atomic mass is 19.4. The SMILES string of the molecule is Nc1ccc(-c2ccc(N)c(Oc3c(N)ccc(-c4ccc(N)cc4C(F)(F)F)c3C(F)(F)F)c2C(F)(F)F)c(C(F)(F)F)c1. The van der Waals surface area contributed by atoms with Gasteiger partial charge >= 0.3 is 24.7 Å². The minimum atomic E-state index is -5.62. The summed E-state index contributed by atoms with van der Waals surface area (Å²) in [7, 11) is 0. The maximum atomic E-state index is 14.6. The van der Waals surface area contributed by atoms with Crippen LogP contribution in [0.5, 0.6) is 11.5 Å². The van der Waals surface area contributed by atoms with Crippen molar-refractivity contribution >= 4 is 22.7 Å². The number of anilines is 4. The Morgan fingerprint density at radius 3 is 1.00 bits per heavy atom. The third-order valence-corrected chi connectivity index (χ3v) is 6.43. The van der Waals surface area contributed by atoms with E-state index in [0.717, 1.165) is 12.1 Å². The third-order valence-electron chi connectivity index (χ3n) is 6.43. The fourth-order valence-corrected chi connectivity index (χ4v) is 4.59. The van der Waals surface area contributed by atoms with Crippen molar-refractivity contribution in [3.63, 3.8) is 0 Å². The van der Waals surface area contributed by atoms with Crippen LogP contribution in [0.15, 0.2) is 60.7 Å². The van der Waals surface area contributed by atoms with Gasteiger partial charge in [-0.15, -0.1) is 0 Å². The zero-order valence-electron chi connectivity index (χ0n) is 22.0. The highest BCUT2D eigenvalue weighted by Gasteiger charge is 2.45. The Morgan fingerprint density at radius 1 is 0.400 bits per heavy atom. The molecule has 0 aliphatic rings. The van der Waals surface area contributed by atoms with Crippen molar-refractivity contribution in [1.29, 1.82) is 0 Å². The summed E-state index contributed by atoms with van der Waals surface area (Å²) in [6.45, 7) is 0. The van der Waals surface area contributed by atoms with Crippen LogP contribution in [0.4, 0.5) is 75.4 Å². The Morgan fingerprint density at radius 2 is 0.711 bits per heavy atom. The molecule has 0 aliphatic heterocycles. The van der Waals surface area contributed by atoms with Gasteiger partial charge in [0.1, 0.15) is 11.1 Å². The number of nitrogens with two attached hydrogens (primary N) is 4. The monoisotopic (exact) mass is 654 g/mol. The van der Waals surface area contributed by atoms with E-state index in [2.05, 4.69) is 0 Å². The Kier molecular flexibility index (Phi) is 7.97. The normalized spacial score (nSPS) is 12.8. The average molecular weight is 654 g/mol. The van der Waals surface area contributed by atoms with Crippen molar-refractivity contribution in [2.45, 2.75) is 24.7 Å². The minimum Gasteiger partial charge on any atom is -0.452 e. The lowest BCUT2D eigenvalue weighted by Gasteiger charge is -2.25. The van der Waals surface area contributed by atoms with E-state index in [1.165, 1.54) is 0 Å². The summed E-state index contributed by atoms with van der Waals surface area (Å²) in [5.41, 5.74) is 7.34. The molecule has 0 spiro atoms. The summed E-state index contributed by atoms with van der Waals surface area (Å²) in [5.74, 6) is -3.18. The van der Waals surface area contributed by atoms with Gasteiger partial charge in [0.05, 0.1) is 22.5 Å². The van der Waals surface area contributed by atoms with Crippen LogP contribution in [0.3, 0.4) is 0 Å². The molecule has 0 aliphatic carbocycles. The number of nitrogen functional groups attached to an aromatic ring is 4. The molecule has 0 saturated heterocycles. The van der Waals surface area contributed by atoms with E-state index in [-0.39, 0.29) is 0 Å². The fraction of sp³-hybridized carbons (Fsp3) is 0.143. The smallest absolute Gasteiger partial charge is 0.420 e. The first-order valence-electron chi connectivity index (χ1n) is 12.1. The second-order valence-electron chi connectivity index (χ2n) is 9.52. The molecule has 0 atom stereocenters. The van der Waals surface area contributed by atoms with Crippen molar-refractivity contribution in [2.24, 2.45) is 0 Å². The molecular formula is C28H18F12N4O. The van der Waals surface area contributed by atoms with E-state index in [9.17, 15) is 52.7 Å². The largest absolute Gasteiger partial charge is 0.452 e. The molecule has 8 N–H and O–H groups in total. The van der Waals surface area contributed by atoms with Crippen LogP contribution in [0.1, 0.15) is 22.3 Å². The number of rotatable bonds is 4. The molecule has 4 aromatic rings. The maximum Gasteiger partial charge on any atom is 0.420 e. The van der Waals surface area contributed by atoms with Crippen LogP contribution in [0.25, 0.3) is 22.3 Å². The first-order chi connectivity index (χ1) is 20.5. The van der Waals surface area contributed by atoms with Crippen LogP contribution in [-0.4, -0.2) is 0 Å². The molecular weight excluding hydrogens is 636 g/mol. The lowest BCUT2D eigenvalue weighted by atomic mass is 9.92. The van der Waals surface area contributed by atoms with Gasteiger partial charge in [0, 0.05) is 11.4 Å². The van der Waals surface area contributed by atoms with Crippen molar-refractivity contribution < 1.29 is 57.4 Å². The first-order valence-corrected chi connectivity index (χ1v) is 12.1. The number of alkyl halides is 12. The predicted molar refractivity (Wildman–Crippen MR) is 141 cm³/mol. The highest BCUT2D eigenvalue weighted by Crippen LogP contribution is 2.53. The van der Waals surface area contributed by atoms with Crippen LogP contribution in [-0.2, 0) is 24.7 Å². The molecule has 0 amide bonds. The van der Waals surface area contributed by atoms with E-state index >= 15 is 0 Å². The molecule has 4 aromatic carbocycles. The number of benzene rings is 4. The zero-order valence-corrected chi connectivity index (χ0v) is 22.0. The summed E-state index contributed by atoms with van der Waals surface area (Å²) in [6.07, 6.45) is -21.7. The third kappa shape index (κ3) is 6.46. The van der Waals surface area contributed by atoms with E-state index in [1.54, 1.807) is 0 Å². The average Bonchev–Trinajstić information content (AvgIpc) is 2.88. The molecule has 0 heterocycles. The Hall–Kier alpha value is -4.96. The van der Waals surface area contributed by atoms with Gasteiger partial charge in [-0.2, -0.15) is 52.7 Å². The Labute approximate surface area is 245 Å². The predicted octanol–water partition coefficient (Wildman–Crippen LogP) is 9.22. The molecule has 0 radical (unpaired) electrons. The molecule has 0 bridgehead atoms. The summed E-state index contributed by atoms with van der Waals surface area (Å²) >= 11 is 0. The van der Waals surface area contributed by atoms with E-state index in [0.29, 0.717) is 48.5 Å². The van der Waals surface area contributed by atoms with Crippen molar-refractivity contribution in [1.82, 2.24) is 0 Å². The van der Waals surface area contributed by atoms with Crippen molar-refractivity contribution in [3.05, 3.63) is 82.9 Å². The van der Waals surface area contributed by atoms with Crippen molar-refractivity contribution in [2.75, 3.05) is 22.9 Å². The highest BCUT2D eigenvalue weighted by molar-refractivity contribution is 5.82. The number of ether oxygens (including phenoxy) is 1. The molecule has 0 fully saturated rings. The molecule has 5 nitrogen and oxygen atoms in total. The maximum absolute atomic E-state index is 14.6. The second kappa shape index (κ2) is 10.9. The fourth-order valence-electron chi connectivity index (χ4n) is 4.59. The minimum absolute atomic E-state index is 0.348. The topological polar surface area (TPSA) is 113 Å². The standard InChI is InChI=1S/C28H18F12N4O/c29-25(30,31)17-9-11(41)1-3-13(17)15-5-7-19(43)23(21(15)27(35,36)37)45-24-20(44)8-6-16(22(24)28(38,39)40)14-4-2-12(42)10-18(14)26(32,33)34/h1-10H,41-44H2. The summed E-state index contributed by atoms with van der Waals surface area (Å²) in [4.78, 5) is 0. The quantitative estimate of drug-likeness (QED) is 0.129. The molecule has 0 unspecified atom stereocenters. The molecule has 4 rings (SSSR count). The Bertz CT molecular complexity index is 1650. The van der Waals surface area contributed by atoms with Gasteiger partial charge in [0.25, 0.3) is 0 Å². The van der Waals surface area contributed by atoms with E-state index in [4.69, 9.17) is 27.7 Å². The van der Waals surface area contributed by atoms with Gasteiger partial charge in [-0.3, -0.25) is 0 Å². The van der Waals surface area contributed by atoms with Gasteiger partial charge in [-0.25, -0.2) is 0 Å². The van der Waals surface area contributed by atoms with Crippen LogP contribution < -0.4 is 27.7 Å². The molecule has 0 saturated carbocycles. The summed E-state index contributed by atoms with van der Waals surface area (Å²) in [6, 6.07) is 6.00. The number of hydrogen-bond acceptors (Lipinski definition) is 5. The van der Waals surface area contributed by atoms with Gasteiger partial charge in [-0.05, 0) is 58.7 Å². The molecule has 240 valence electrons. The van der Waals surface area contributed by atoms with Gasteiger partial charge < -0.3 is 27.7 Å². The second-order valence-corrected chi connectivity index (χ2v) is 9.52. The van der Waals surface area contributed by atoms with Gasteiger partial charge in [0.15, 0.2) is 11.5 Å². The van der Waals surface area contributed by atoms with Gasteiger partial charge in [0.2, 0.25) is 0 Å². The number of hydrogen-bond donors (Lipinski definition) is 4. The van der Waals surface area contributed by atoms with E-state index in [1.807, 2.05) is 0 Å². The number of halogens is 12. The van der Waals surface area contributed by atoms with Crippen LogP contribution in [0.2, 0.25) is 0 Å². The van der Waals surface area contributed by atoms with Crippen LogP contribution >= 0.6 is 0 Å². The summed E-state index contributed by atoms with van der Waals surface area (Å²) < 4.78 is 175.